The predicted octanol–water partition coefficient (Wildman–Crippen LogP) is 0.540. The quantitative estimate of drug-likeness (QED) is 0.607. The Bertz CT molecular complexity index is 567. The molecule has 0 aliphatic heterocycles. The van der Waals surface area contributed by atoms with E-state index in [9.17, 15) is 19.5 Å². The Morgan fingerprint density at radius 1 is 1.19 bits per heavy atom. The topological polar surface area (TPSA) is 124 Å². The lowest BCUT2D eigenvalue weighted by Crippen LogP contribution is -2.43. The van der Waals surface area contributed by atoms with Gasteiger partial charge in [-0.2, -0.15) is 0 Å². The fraction of sp³-hybridized carbons (Fsp3) is 0.357. The first-order valence-corrected chi connectivity index (χ1v) is 6.42. The number of amides is 1. The van der Waals surface area contributed by atoms with E-state index < -0.39 is 30.3 Å². The Hall–Kier alpha value is -2.57. The van der Waals surface area contributed by atoms with Gasteiger partial charge in [0.15, 0.2) is 0 Å². The first kappa shape index (κ1) is 14.8. The van der Waals surface area contributed by atoms with Gasteiger partial charge in [-0.25, -0.2) is 4.79 Å². The molecule has 1 aromatic carbocycles. The van der Waals surface area contributed by atoms with Crippen LogP contribution in [0.5, 0.6) is 5.75 Å². The SMILES string of the molecule is O=C(O)CC(NC(=O)C1CC1c1ccc(O)cc1)C(=O)O. The molecule has 3 unspecified atom stereocenters. The van der Waals surface area contributed by atoms with Crippen molar-refractivity contribution in [3.05, 3.63) is 29.8 Å². The summed E-state index contributed by atoms with van der Waals surface area (Å²) in [5, 5.41) is 28.9. The van der Waals surface area contributed by atoms with Crippen molar-refractivity contribution in [2.75, 3.05) is 0 Å². The molecule has 1 fully saturated rings. The summed E-state index contributed by atoms with van der Waals surface area (Å²) < 4.78 is 0. The Labute approximate surface area is 120 Å². The van der Waals surface area contributed by atoms with E-state index in [0.29, 0.717) is 6.42 Å². The van der Waals surface area contributed by atoms with Crippen molar-refractivity contribution in [3.8, 4) is 5.75 Å². The number of nitrogens with one attached hydrogen (secondary N) is 1. The van der Waals surface area contributed by atoms with Gasteiger partial charge in [-0.1, -0.05) is 12.1 Å². The van der Waals surface area contributed by atoms with Crippen molar-refractivity contribution in [2.24, 2.45) is 5.92 Å². The number of hydrogen-bond acceptors (Lipinski definition) is 4. The molecule has 2 rings (SSSR count). The minimum Gasteiger partial charge on any atom is -0.508 e. The number of phenols is 1. The summed E-state index contributed by atoms with van der Waals surface area (Å²) in [5.41, 5.74) is 0.887. The van der Waals surface area contributed by atoms with Crippen LogP contribution in [0, 0.1) is 5.92 Å². The minimum atomic E-state index is -1.42. The van der Waals surface area contributed by atoms with E-state index in [1.54, 1.807) is 12.1 Å². The lowest BCUT2D eigenvalue weighted by molar-refractivity contribution is -0.147. The summed E-state index contributed by atoms with van der Waals surface area (Å²) in [6, 6.07) is 5.04. The van der Waals surface area contributed by atoms with Gasteiger partial charge in [-0.3, -0.25) is 9.59 Å². The van der Waals surface area contributed by atoms with Crippen LogP contribution in [0.25, 0.3) is 0 Å². The van der Waals surface area contributed by atoms with Crippen molar-refractivity contribution >= 4 is 17.8 Å². The summed E-state index contributed by atoms with van der Waals surface area (Å²) in [6.45, 7) is 0. The Balaban J connectivity index is 1.94. The monoisotopic (exact) mass is 293 g/mol. The van der Waals surface area contributed by atoms with Crippen molar-refractivity contribution in [3.63, 3.8) is 0 Å². The number of carbonyl (C=O) groups is 3. The van der Waals surface area contributed by atoms with Crippen LogP contribution in [0.4, 0.5) is 0 Å². The van der Waals surface area contributed by atoms with E-state index in [1.807, 2.05) is 0 Å². The third kappa shape index (κ3) is 3.71. The molecule has 0 radical (unpaired) electrons. The zero-order valence-electron chi connectivity index (χ0n) is 11.0. The average Bonchev–Trinajstić information content (AvgIpc) is 3.18. The number of carbonyl (C=O) groups excluding carboxylic acids is 1. The molecule has 3 atom stereocenters. The molecule has 0 spiro atoms. The minimum absolute atomic E-state index is 0.0233. The van der Waals surface area contributed by atoms with Gasteiger partial charge in [0.05, 0.1) is 6.42 Å². The highest BCUT2D eigenvalue weighted by atomic mass is 16.4. The number of carboxylic acid groups (broad SMARTS) is 2. The Kier molecular flexibility index (Phi) is 4.11. The van der Waals surface area contributed by atoms with Crippen molar-refractivity contribution in [1.29, 1.82) is 0 Å². The number of phenolic OH excluding ortho intramolecular Hbond substituents is 1. The van der Waals surface area contributed by atoms with Crippen LogP contribution in [0.1, 0.15) is 24.3 Å². The third-order valence-electron chi connectivity index (χ3n) is 3.44. The summed E-state index contributed by atoms with van der Waals surface area (Å²) in [7, 11) is 0. The van der Waals surface area contributed by atoms with Gasteiger partial charge in [-0.05, 0) is 30.0 Å². The molecular weight excluding hydrogens is 278 g/mol. The lowest BCUT2D eigenvalue weighted by Gasteiger charge is -2.12. The smallest absolute Gasteiger partial charge is 0.326 e. The second kappa shape index (κ2) is 5.82. The number of aromatic hydroxyl groups is 1. The highest BCUT2D eigenvalue weighted by Crippen LogP contribution is 2.47. The molecule has 1 saturated carbocycles. The molecule has 0 saturated heterocycles. The van der Waals surface area contributed by atoms with Gasteiger partial charge < -0.3 is 20.6 Å². The highest BCUT2D eigenvalue weighted by molar-refractivity contribution is 5.89. The maximum Gasteiger partial charge on any atom is 0.326 e. The molecule has 1 amide bonds. The summed E-state index contributed by atoms with van der Waals surface area (Å²) >= 11 is 0. The molecule has 112 valence electrons. The molecule has 4 N–H and O–H groups in total. The molecule has 1 aliphatic rings. The molecule has 21 heavy (non-hydrogen) atoms. The number of benzene rings is 1. The van der Waals surface area contributed by atoms with Gasteiger partial charge in [-0.15, -0.1) is 0 Å². The third-order valence-corrected chi connectivity index (χ3v) is 3.44. The fourth-order valence-electron chi connectivity index (χ4n) is 2.23. The van der Waals surface area contributed by atoms with E-state index in [1.165, 1.54) is 12.1 Å². The van der Waals surface area contributed by atoms with Crippen LogP contribution < -0.4 is 5.32 Å². The van der Waals surface area contributed by atoms with Crippen LogP contribution in [0.2, 0.25) is 0 Å². The maximum absolute atomic E-state index is 11.9. The largest absolute Gasteiger partial charge is 0.508 e. The summed E-state index contributed by atoms with van der Waals surface area (Å²) in [4.78, 5) is 33.4. The van der Waals surface area contributed by atoms with E-state index in [4.69, 9.17) is 10.2 Å². The normalized spacial score (nSPS) is 21.3. The maximum atomic E-state index is 11.9. The second-order valence-corrected chi connectivity index (χ2v) is 5.04. The molecule has 7 nitrogen and oxygen atoms in total. The van der Waals surface area contributed by atoms with Crippen molar-refractivity contribution in [1.82, 2.24) is 5.32 Å². The van der Waals surface area contributed by atoms with Gasteiger partial charge >= 0.3 is 11.9 Å². The molecule has 1 aliphatic carbocycles. The highest BCUT2D eigenvalue weighted by Gasteiger charge is 2.44. The summed E-state index contributed by atoms with van der Waals surface area (Å²) in [5.74, 6) is -3.36. The first-order chi connectivity index (χ1) is 9.88. The number of carboxylic acids is 2. The molecular formula is C14H15NO6. The van der Waals surface area contributed by atoms with Crippen LogP contribution in [-0.4, -0.2) is 39.2 Å². The van der Waals surface area contributed by atoms with E-state index in [0.717, 1.165) is 5.56 Å². The average molecular weight is 293 g/mol. The Morgan fingerprint density at radius 3 is 2.33 bits per heavy atom. The molecule has 7 heteroatoms. The molecule has 0 bridgehead atoms. The molecule has 0 heterocycles. The second-order valence-electron chi connectivity index (χ2n) is 5.04. The van der Waals surface area contributed by atoms with E-state index >= 15 is 0 Å². The van der Waals surface area contributed by atoms with E-state index in [2.05, 4.69) is 5.32 Å². The first-order valence-electron chi connectivity index (χ1n) is 6.42. The number of hydrogen-bond donors (Lipinski definition) is 4. The van der Waals surface area contributed by atoms with Crippen LogP contribution in [0.3, 0.4) is 0 Å². The standard InChI is InChI=1S/C14H15NO6/c16-8-3-1-7(2-4-8)9-5-10(9)13(19)15-11(14(20)21)6-12(17)18/h1-4,9-11,16H,5-6H2,(H,15,19)(H,17,18)(H,20,21). The van der Waals surface area contributed by atoms with Gasteiger partial charge in [0.25, 0.3) is 0 Å². The number of aliphatic carboxylic acids is 2. The van der Waals surface area contributed by atoms with Crippen LogP contribution in [-0.2, 0) is 14.4 Å². The zero-order chi connectivity index (χ0) is 15.6. The van der Waals surface area contributed by atoms with Crippen molar-refractivity contribution < 1.29 is 29.7 Å². The number of rotatable bonds is 6. The molecule has 1 aromatic rings. The van der Waals surface area contributed by atoms with Gasteiger partial charge in [0, 0.05) is 5.92 Å². The Morgan fingerprint density at radius 2 is 1.81 bits per heavy atom. The zero-order valence-corrected chi connectivity index (χ0v) is 11.0. The predicted molar refractivity (Wildman–Crippen MR) is 70.8 cm³/mol. The molecule has 0 aromatic heterocycles. The van der Waals surface area contributed by atoms with E-state index in [-0.39, 0.29) is 17.6 Å². The van der Waals surface area contributed by atoms with Crippen LogP contribution in [0.15, 0.2) is 24.3 Å². The fourth-order valence-corrected chi connectivity index (χ4v) is 2.23. The van der Waals surface area contributed by atoms with Gasteiger partial charge in [0.1, 0.15) is 11.8 Å². The van der Waals surface area contributed by atoms with Gasteiger partial charge in [0.2, 0.25) is 5.91 Å². The lowest BCUT2D eigenvalue weighted by atomic mass is 10.1. The van der Waals surface area contributed by atoms with Crippen LogP contribution >= 0.6 is 0 Å². The van der Waals surface area contributed by atoms with Crippen molar-refractivity contribution in [2.45, 2.75) is 24.8 Å². The summed E-state index contributed by atoms with van der Waals surface area (Å²) in [6.07, 6.45) is -0.0757.